The molecule has 3 nitrogen and oxygen atoms in total. The lowest BCUT2D eigenvalue weighted by molar-refractivity contribution is 1.13. The Hall–Kier alpha value is -1.94. The van der Waals surface area contributed by atoms with Gasteiger partial charge in [-0.05, 0) is 44.5 Å². The largest absolute Gasteiger partial charge is 0.378 e. The highest BCUT2D eigenvalue weighted by Gasteiger charge is 2.18. The zero-order valence-corrected chi connectivity index (χ0v) is 13.8. The van der Waals surface area contributed by atoms with Crippen molar-refractivity contribution in [2.24, 2.45) is 0 Å². The third-order valence-corrected chi connectivity index (χ3v) is 5.31. The Morgan fingerprint density at radius 1 is 1.05 bits per heavy atom. The number of aromatic nitrogens is 1. The van der Waals surface area contributed by atoms with Crippen molar-refractivity contribution in [2.45, 2.75) is 20.8 Å². The Morgan fingerprint density at radius 2 is 1.76 bits per heavy atom. The molecular weight excluding hydrogens is 280 g/mol. The lowest BCUT2D eigenvalue weighted by atomic mass is 10.0. The first-order valence-electron chi connectivity index (χ1n) is 6.92. The topological polar surface area (TPSA) is 33.2 Å². The maximum Gasteiger partial charge on any atom is 0.186 e. The van der Waals surface area contributed by atoms with Crippen LogP contribution < -0.4 is 10.3 Å². The monoisotopic (exact) mass is 298 g/mol. The number of hydrogen-bond acceptors (Lipinski definition) is 4. The highest BCUT2D eigenvalue weighted by molar-refractivity contribution is 7.21. The van der Waals surface area contributed by atoms with E-state index in [0.29, 0.717) is 0 Å². The van der Waals surface area contributed by atoms with E-state index in [1.807, 2.05) is 34.9 Å². The molecule has 0 aromatic heterocycles. The van der Waals surface area contributed by atoms with E-state index in [0.717, 1.165) is 43.2 Å². The molecule has 0 saturated heterocycles. The van der Waals surface area contributed by atoms with Crippen molar-refractivity contribution in [3.05, 3.63) is 45.1 Å². The highest BCUT2D eigenvalue weighted by atomic mass is 32.1. The van der Waals surface area contributed by atoms with Gasteiger partial charge in [-0.3, -0.25) is 4.79 Å². The molecule has 1 aromatic rings. The fourth-order valence-corrected chi connectivity index (χ4v) is 3.68. The van der Waals surface area contributed by atoms with Gasteiger partial charge in [0.15, 0.2) is 5.43 Å². The Balaban J connectivity index is 2.44. The minimum atomic E-state index is 0.140. The third-order valence-electron chi connectivity index (χ3n) is 4.06. The molecule has 3 rings (SSSR count). The van der Waals surface area contributed by atoms with Crippen molar-refractivity contribution < 1.29 is 0 Å². The van der Waals surface area contributed by atoms with Gasteiger partial charge in [0.25, 0.3) is 0 Å². The average Bonchev–Trinajstić information content (AvgIpc) is 2.48. The molecule has 0 bridgehead atoms. The fourth-order valence-electron chi connectivity index (χ4n) is 2.53. The molecule has 1 heterocycles. The first kappa shape index (κ1) is 14.0. The molecule has 0 atom stereocenters. The van der Waals surface area contributed by atoms with Crippen molar-refractivity contribution in [3.8, 4) is 10.6 Å². The molecule has 2 aliphatic rings. The van der Waals surface area contributed by atoms with Crippen LogP contribution in [-0.2, 0) is 0 Å². The summed E-state index contributed by atoms with van der Waals surface area (Å²) < 4.78 is 1.11. The van der Waals surface area contributed by atoms with Gasteiger partial charge < -0.3 is 4.90 Å². The molecule has 1 aliphatic carbocycles. The van der Waals surface area contributed by atoms with Crippen molar-refractivity contribution in [2.75, 3.05) is 19.0 Å². The van der Waals surface area contributed by atoms with E-state index >= 15 is 0 Å². The Morgan fingerprint density at radius 3 is 2.43 bits per heavy atom. The van der Waals surface area contributed by atoms with Crippen LogP contribution >= 0.6 is 11.3 Å². The minimum Gasteiger partial charge on any atom is -0.378 e. The summed E-state index contributed by atoms with van der Waals surface area (Å²) in [6.45, 7) is 5.77. The number of rotatable bonds is 1. The predicted octanol–water partition coefficient (Wildman–Crippen LogP) is 3.75. The first-order valence-corrected chi connectivity index (χ1v) is 7.73. The average molecular weight is 298 g/mol. The smallest absolute Gasteiger partial charge is 0.186 e. The van der Waals surface area contributed by atoms with Crippen LogP contribution in [0.25, 0.3) is 20.8 Å². The molecule has 0 radical (unpaired) electrons. The zero-order valence-electron chi connectivity index (χ0n) is 12.9. The van der Waals surface area contributed by atoms with Crippen LogP contribution in [0.3, 0.4) is 0 Å². The van der Waals surface area contributed by atoms with Crippen LogP contribution in [0.5, 0.6) is 0 Å². The Labute approximate surface area is 128 Å². The van der Waals surface area contributed by atoms with Crippen LogP contribution in [-0.4, -0.2) is 19.1 Å². The standard InChI is InChI=1S/C17H18N2OS/c1-9-10(2)16(20)11(3)17-15(9)18-13-7-6-12(19(4)5)8-14(13)21-17/h6-8H,1-5H3. The summed E-state index contributed by atoms with van der Waals surface area (Å²) in [5.41, 5.74) is 5.84. The lowest BCUT2D eigenvalue weighted by Gasteiger charge is -2.16. The van der Waals surface area contributed by atoms with Gasteiger partial charge in [0.05, 0.1) is 20.8 Å². The van der Waals surface area contributed by atoms with Gasteiger partial charge in [0, 0.05) is 30.9 Å². The van der Waals surface area contributed by atoms with E-state index < -0.39 is 0 Å². The summed E-state index contributed by atoms with van der Waals surface area (Å²) in [5, 5.41) is 0. The van der Waals surface area contributed by atoms with E-state index in [1.54, 1.807) is 11.3 Å². The molecular formula is C17H18N2OS. The summed E-state index contributed by atoms with van der Waals surface area (Å²) >= 11 is 1.66. The molecule has 108 valence electrons. The van der Waals surface area contributed by atoms with E-state index in [1.165, 1.54) is 0 Å². The van der Waals surface area contributed by atoms with Crippen molar-refractivity contribution >= 4 is 27.2 Å². The summed E-state index contributed by atoms with van der Waals surface area (Å²) in [4.78, 5) is 20.2. The fraction of sp³-hybridized carbons (Fsp3) is 0.294. The molecule has 0 unspecified atom stereocenters. The molecule has 0 N–H and O–H groups in total. The Kier molecular flexibility index (Phi) is 3.21. The van der Waals surface area contributed by atoms with Crippen LogP contribution in [0.1, 0.15) is 16.7 Å². The van der Waals surface area contributed by atoms with Gasteiger partial charge in [-0.2, -0.15) is 0 Å². The number of fused-ring (bicyclic) bond motifs is 2. The van der Waals surface area contributed by atoms with E-state index in [9.17, 15) is 4.79 Å². The van der Waals surface area contributed by atoms with Crippen LogP contribution in [0, 0.1) is 20.8 Å². The summed E-state index contributed by atoms with van der Waals surface area (Å²) in [5.74, 6) is 0. The highest BCUT2D eigenvalue weighted by Crippen LogP contribution is 2.36. The summed E-state index contributed by atoms with van der Waals surface area (Å²) in [7, 11) is 4.05. The second-order valence-electron chi connectivity index (χ2n) is 5.64. The quantitative estimate of drug-likeness (QED) is 0.641. The van der Waals surface area contributed by atoms with Gasteiger partial charge in [-0.1, -0.05) is 0 Å². The molecule has 1 aliphatic heterocycles. The SMILES string of the molecule is Cc1c2nc3ccc(N(C)C)cc3sc-2c(C)c(=O)c1C. The lowest BCUT2D eigenvalue weighted by Crippen LogP contribution is -2.14. The summed E-state index contributed by atoms with van der Waals surface area (Å²) in [6, 6.07) is 6.26. The van der Waals surface area contributed by atoms with Gasteiger partial charge in [-0.25, -0.2) is 4.98 Å². The second-order valence-corrected chi connectivity index (χ2v) is 6.69. The predicted molar refractivity (Wildman–Crippen MR) is 91.1 cm³/mol. The molecule has 0 amide bonds. The zero-order chi connectivity index (χ0) is 15.3. The van der Waals surface area contributed by atoms with Crippen LogP contribution in [0.15, 0.2) is 23.0 Å². The van der Waals surface area contributed by atoms with E-state index in [-0.39, 0.29) is 5.43 Å². The molecule has 4 heteroatoms. The van der Waals surface area contributed by atoms with Crippen molar-refractivity contribution in [3.63, 3.8) is 0 Å². The number of nitrogens with zero attached hydrogens (tertiary/aromatic N) is 2. The maximum atomic E-state index is 12.3. The minimum absolute atomic E-state index is 0.140. The first-order chi connectivity index (χ1) is 9.90. The number of benzene rings is 2. The van der Waals surface area contributed by atoms with Crippen molar-refractivity contribution in [1.82, 2.24) is 4.98 Å². The Bertz CT molecular complexity index is 880. The number of hydrogen-bond donors (Lipinski definition) is 0. The molecule has 0 fully saturated rings. The van der Waals surface area contributed by atoms with Gasteiger partial charge in [0.1, 0.15) is 0 Å². The molecule has 1 aromatic carbocycles. The second kappa shape index (κ2) is 4.81. The van der Waals surface area contributed by atoms with Gasteiger partial charge >= 0.3 is 0 Å². The summed E-state index contributed by atoms with van der Waals surface area (Å²) in [6.07, 6.45) is 0. The molecule has 0 saturated carbocycles. The third kappa shape index (κ3) is 2.10. The normalized spacial score (nSPS) is 11.3. The van der Waals surface area contributed by atoms with Crippen molar-refractivity contribution in [1.29, 1.82) is 0 Å². The van der Waals surface area contributed by atoms with Crippen LogP contribution in [0.2, 0.25) is 0 Å². The molecule has 21 heavy (non-hydrogen) atoms. The van der Waals surface area contributed by atoms with Gasteiger partial charge in [-0.15, -0.1) is 11.3 Å². The number of anilines is 1. The van der Waals surface area contributed by atoms with E-state index in [4.69, 9.17) is 4.98 Å². The maximum absolute atomic E-state index is 12.3. The van der Waals surface area contributed by atoms with Gasteiger partial charge in [0.2, 0.25) is 0 Å². The van der Waals surface area contributed by atoms with Crippen LogP contribution in [0.4, 0.5) is 5.69 Å². The molecule has 0 spiro atoms. The van der Waals surface area contributed by atoms with E-state index in [2.05, 4.69) is 23.1 Å².